The summed E-state index contributed by atoms with van der Waals surface area (Å²) in [5.74, 6) is 0.676. The molecule has 1 N–H and O–H groups in total. The number of hydrogen-bond acceptors (Lipinski definition) is 5. The van der Waals surface area contributed by atoms with Crippen LogP contribution in [0.4, 0.5) is 10.2 Å². The van der Waals surface area contributed by atoms with Gasteiger partial charge in [0.1, 0.15) is 23.0 Å². The topological polar surface area (TPSA) is 65.3 Å². The predicted octanol–water partition coefficient (Wildman–Crippen LogP) is 4.92. The lowest BCUT2D eigenvalue weighted by Crippen LogP contribution is -2.49. The molecule has 1 fully saturated rings. The molecule has 4 aromatic heterocycles. The fourth-order valence-electron chi connectivity index (χ4n) is 4.99. The first kappa shape index (κ1) is 21.7. The van der Waals surface area contributed by atoms with E-state index in [1.54, 1.807) is 18.3 Å². The van der Waals surface area contributed by atoms with Crippen LogP contribution in [-0.2, 0) is 0 Å². The quantitative estimate of drug-likeness (QED) is 0.405. The number of aromatic amines is 1. The van der Waals surface area contributed by atoms with Gasteiger partial charge in [-0.15, -0.1) is 5.10 Å². The Morgan fingerprint density at radius 3 is 2.51 bits per heavy atom. The van der Waals surface area contributed by atoms with Crippen molar-refractivity contribution in [2.75, 3.05) is 31.1 Å². The largest absolute Gasteiger partial charge is 0.353 e. The van der Waals surface area contributed by atoms with Gasteiger partial charge in [0.15, 0.2) is 5.65 Å². The molecule has 0 atom stereocenters. The molecule has 5 heterocycles. The second-order valence-corrected chi connectivity index (χ2v) is 9.45. The van der Waals surface area contributed by atoms with Crippen molar-refractivity contribution in [2.45, 2.75) is 26.8 Å². The molecule has 0 radical (unpaired) electrons. The van der Waals surface area contributed by atoms with Gasteiger partial charge in [-0.3, -0.25) is 4.90 Å². The van der Waals surface area contributed by atoms with Crippen molar-refractivity contribution in [2.24, 2.45) is 0 Å². The Morgan fingerprint density at radius 1 is 1.00 bits per heavy atom. The van der Waals surface area contributed by atoms with E-state index in [0.717, 1.165) is 76.8 Å². The first-order valence-corrected chi connectivity index (χ1v) is 12.1. The molecule has 7 nitrogen and oxygen atoms in total. The zero-order chi connectivity index (χ0) is 24.1. The van der Waals surface area contributed by atoms with E-state index >= 15 is 0 Å². The molecule has 178 valence electrons. The average Bonchev–Trinajstić information content (AvgIpc) is 3.50. The fraction of sp³-hybridized carbons (Fsp3) is 0.296. The third kappa shape index (κ3) is 3.74. The molecular formula is C27H28FN7. The molecule has 5 aromatic rings. The summed E-state index contributed by atoms with van der Waals surface area (Å²) in [4.78, 5) is 17.5. The molecule has 6 rings (SSSR count). The molecule has 0 aliphatic carbocycles. The van der Waals surface area contributed by atoms with Crippen molar-refractivity contribution in [3.63, 3.8) is 0 Å². The van der Waals surface area contributed by atoms with Crippen LogP contribution in [0.2, 0.25) is 0 Å². The van der Waals surface area contributed by atoms with Gasteiger partial charge in [-0.25, -0.2) is 18.9 Å². The number of fused-ring (bicyclic) bond motifs is 2. The molecule has 8 heteroatoms. The van der Waals surface area contributed by atoms with Gasteiger partial charge in [-0.05, 0) is 68.8 Å². The van der Waals surface area contributed by atoms with Crippen LogP contribution in [0.25, 0.3) is 39.2 Å². The maximum atomic E-state index is 13.7. The van der Waals surface area contributed by atoms with E-state index in [1.807, 2.05) is 22.8 Å². The second-order valence-electron chi connectivity index (χ2n) is 9.45. The smallest absolute Gasteiger partial charge is 0.158 e. The maximum absolute atomic E-state index is 13.7. The number of H-pyrrole nitrogens is 1. The summed E-state index contributed by atoms with van der Waals surface area (Å²) in [5.41, 5.74) is 6.14. The highest BCUT2D eigenvalue weighted by molar-refractivity contribution is 5.97. The summed E-state index contributed by atoms with van der Waals surface area (Å²) in [6, 6.07) is 13.2. The summed E-state index contributed by atoms with van der Waals surface area (Å²) in [6.45, 7) is 10.5. The van der Waals surface area contributed by atoms with Crippen LogP contribution >= 0.6 is 0 Å². The Balaban J connectivity index is 1.56. The Bertz CT molecular complexity index is 1510. The molecule has 0 amide bonds. The minimum Gasteiger partial charge on any atom is -0.353 e. The van der Waals surface area contributed by atoms with Crippen LogP contribution in [0, 0.1) is 12.7 Å². The normalized spacial score (nSPS) is 15.1. The minimum absolute atomic E-state index is 0.270. The summed E-state index contributed by atoms with van der Waals surface area (Å²) >= 11 is 0. The van der Waals surface area contributed by atoms with Gasteiger partial charge < -0.3 is 9.88 Å². The summed E-state index contributed by atoms with van der Waals surface area (Å²) < 4.78 is 15.7. The van der Waals surface area contributed by atoms with E-state index in [2.05, 4.69) is 46.6 Å². The highest BCUT2D eigenvalue weighted by atomic mass is 19.1. The first-order chi connectivity index (χ1) is 17.0. The van der Waals surface area contributed by atoms with Gasteiger partial charge >= 0.3 is 0 Å². The van der Waals surface area contributed by atoms with Crippen LogP contribution < -0.4 is 4.90 Å². The van der Waals surface area contributed by atoms with E-state index < -0.39 is 0 Å². The lowest BCUT2D eigenvalue weighted by atomic mass is 10.0. The van der Waals surface area contributed by atoms with E-state index in [1.165, 1.54) is 12.1 Å². The number of pyridine rings is 1. The van der Waals surface area contributed by atoms with Crippen LogP contribution in [0.15, 0.2) is 54.9 Å². The van der Waals surface area contributed by atoms with Crippen LogP contribution in [0.3, 0.4) is 0 Å². The lowest BCUT2D eigenvalue weighted by molar-refractivity contribution is 0.209. The third-order valence-electron chi connectivity index (χ3n) is 6.96. The number of nitrogens with one attached hydrogen (secondary N) is 1. The zero-order valence-corrected chi connectivity index (χ0v) is 20.2. The summed E-state index contributed by atoms with van der Waals surface area (Å²) in [6.07, 6.45) is 3.68. The highest BCUT2D eigenvalue weighted by Gasteiger charge is 2.24. The molecule has 1 aliphatic rings. The first-order valence-electron chi connectivity index (χ1n) is 12.1. The number of hydrogen-bond donors (Lipinski definition) is 1. The number of anilines is 1. The van der Waals surface area contributed by atoms with Gasteiger partial charge in [0.2, 0.25) is 0 Å². The van der Waals surface area contributed by atoms with Gasteiger partial charge in [-0.2, -0.15) is 0 Å². The molecule has 0 spiro atoms. The number of nitrogens with zero attached hydrogens (tertiary/aromatic N) is 6. The molecule has 0 saturated carbocycles. The van der Waals surface area contributed by atoms with Gasteiger partial charge in [0.05, 0.1) is 5.69 Å². The Kier molecular flexibility index (Phi) is 5.25. The van der Waals surface area contributed by atoms with Gasteiger partial charge in [0, 0.05) is 61.1 Å². The predicted molar refractivity (Wildman–Crippen MR) is 137 cm³/mol. The van der Waals surface area contributed by atoms with Crippen molar-refractivity contribution in [1.29, 1.82) is 0 Å². The van der Waals surface area contributed by atoms with Gasteiger partial charge in [0.25, 0.3) is 0 Å². The lowest BCUT2D eigenvalue weighted by Gasteiger charge is -2.37. The van der Waals surface area contributed by atoms with Crippen LogP contribution in [0.5, 0.6) is 0 Å². The summed E-state index contributed by atoms with van der Waals surface area (Å²) in [7, 11) is 0. The standard InChI is InChI=1S/C27H28FN7/c1-17(2)33-12-14-34(15-13-33)23-16-18(3)27-31-24(19-4-6-20(28)7-5-19)25(35(27)32-23)21-8-10-29-26-22(21)9-11-30-26/h4-11,16-17H,12-15H2,1-3H3,(H,29,30). The Labute approximate surface area is 203 Å². The Hall–Kier alpha value is -3.78. The van der Waals surface area contributed by atoms with Crippen molar-refractivity contribution in [3.05, 3.63) is 66.2 Å². The monoisotopic (exact) mass is 469 g/mol. The number of imidazole rings is 1. The molecule has 1 aromatic carbocycles. The average molecular weight is 470 g/mol. The number of benzene rings is 1. The molecule has 0 bridgehead atoms. The number of halogens is 1. The van der Waals surface area contributed by atoms with Crippen molar-refractivity contribution < 1.29 is 4.39 Å². The fourth-order valence-corrected chi connectivity index (χ4v) is 4.99. The number of rotatable bonds is 4. The maximum Gasteiger partial charge on any atom is 0.158 e. The molecule has 35 heavy (non-hydrogen) atoms. The van der Waals surface area contributed by atoms with Gasteiger partial charge in [-0.1, -0.05) is 0 Å². The van der Waals surface area contributed by atoms with Crippen LogP contribution in [-0.4, -0.2) is 61.7 Å². The number of aromatic nitrogens is 5. The summed E-state index contributed by atoms with van der Waals surface area (Å²) in [5, 5.41) is 6.11. The number of aryl methyl sites for hydroxylation is 1. The highest BCUT2D eigenvalue weighted by Crippen LogP contribution is 2.37. The molecule has 0 unspecified atom stereocenters. The van der Waals surface area contributed by atoms with Crippen LogP contribution in [0.1, 0.15) is 19.4 Å². The van der Waals surface area contributed by atoms with E-state index in [-0.39, 0.29) is 5.82 Å². The SMILES string of the molecule is Cc1cc(N2CCN(C(C)C)CC2)nn2c(-c3ccnc4[nH]ccc34)c(-c3ccc(F)cc3)nc12. The Morgan fingerprint density at radius 2 is 1.77 bits per heavy atom. The van der Waals surface area contributed by atoms with E-state index in [9.17, 15) is 4.39 Å². The number of piperazine rings is 1. The second kappa shape index (κ2) is 8.46. The molecule has 1 aliphatic heterocycles. The van der Waals surface area contributed by atoms with E-state index in [4.69, 9.17) is 10.1 Å². The molecule has 1 saturated heterocycles. The van der Waals surface area contributed by atoms with Crippen molar-refractivity contribution in [1.82, 2.24) is 29.5 Å². The minimum atomic E-state index is -0.270. The third-order valence-corrected chi connectivity index (χ3v) is 6.96. The van der Waals surface area contributed by atoms with E-state index in [0.29, 0.717) is 6.04 Å². The van der Waals surface area contributed by atoms with Crippen molar-refractivity contribution in [3.8, 4) is 22.5 Å². The zero-order valence-electron chi connectivity index (χ0n) is 20.2. The molecular weight excluding hydrogens is 441 g/mol. The van der Waals surface area contributed by atoms with Crippen molar-refractivity contribution >= 4 is 22.5 Å².